The summed E-state index contributed by atoms with van der Waals surface area (Å²) in [6.45, 7) is 0.889. The van der Waals surface area contributed by atoms with Crippen molar-refractivity contribution in [3.63, 3.8) is 0 Å². The SMILES string of the molecule is CNCCCc1ncc(-c2cc(Br)cc([N+](=O)[O-])c2)o1. The fraction of sp³-hybridized carbons (Fsp3) is 0.308. The second kappa shape index (κ2) is 6.62. The number of halogens is 1. The number of hydrogen-bond donors (Lipinski definition) is 1. The summed E-state index contributed by atoms with van der Waals surface area (Å²) in [5.41, 5.74) is 0.654. The Morgan fingerprint density at radius 2 is 2.25 bits per heavy atom. The maximum absolute atomic E-state index is 10.8. The molecular weight excluding hydrogens is 326 g/mol. The molecule has 1 heterocycles. The lowest BCUT2D eigenvalue weighted by atomic mass is 10.1. The van der Waals surface area contributed by atoms with Gasteiger partial charge in [-0.05, 0) is 26.1 Å². The van der Waals surface area contributed by atoms with Crippen LogP contribution in [0.2, 0.25) is 0 Å². The average molecular weight is 340 g/mol. The van der Waals surface area contributed by atoms with Crippen LogP contribution in [0, 0.1) is 10.1 Å². The second-order valence-corrected chi connectivity index (χ2v) is 5.20. The molecule has 0 unspecified atom stereocenters. The van der Waals surface area contributed by atoms with Crippen molar-refractivity contribution in [2.24, 2.45) is 0 Å². The second-order valence-electron chi connectivity index (χ2n) is 4.28. The van der Waals surface area contributed by atoms with Crippen LogP contribution < -0.4 is 5.32 Å². The predicted octanol–water partition coefficient (Wildman–Crippen LogP) is 3.16. The van der Waals surface area contributed by atoms with Gasteiger partial charge in [-0.1, -0.05) is 15.9 Å². The number of hydrogen-bond acceptors (Lipinski definition) is 5. The summed E-state index contributed by atoms with van der Waals surface area (Å²) < 4.78 is 6.26. The maximum atomic E-state index is 10.8. The van der Waals surface area contributed by atoms with Gasteiger partial charge in [0.05, 0.1) is 11.1 Å². The summed E-state index contributed by atoms with van der Waals surface area (Å²) in [6, 6.07) is 4.70. The third kappa shape index (κ3) is 3.64. The van der Waals surface area contributed by atoms with Crippen molar-refractivity contribution in [3.05, 3.63) is 44.9 Å². The Kier molecular flexibility index (Phi) is 4.86. The first-order chi connectivity index (χ1) is 9.60. The molecule has 2 aromatic rings. The Balaban J connectivity index is 2.21. The summed E-state index contributed by atoms with van der Waals surface area (Å²) in [4.78, 5) is 14.6. The van der Waals surface area contributed by atoms with E-state index in [9.17, 15) is 10.1 Å². The molecule has 0 aliphatic carbocycles. The molecule has 20 heavy (non-hydrogen) atoms. The number of benzene rings is 1. The van der Waals surface area contributed by atoms with Crippen LogP contribution >= 0.6 is 15.9 Å². The lowest BCUT2D eigenvalue weighted by Crippen LogP contribution is -2.08. The average Bonchev–Trinajstić information content (AvgIpc) is 2.87. The smallest absolute Gasteiger partial charge is 0.271 e. The van der Waals surface area contributed by atoms with Gasteiger partial charge in [-0.25, -0.2) is 4.98 Å². The molecule has 0 aliphatic heterocycles. The molecule has 0 amide bonds. The van der Waals surface area contributed by atoms with E-state index in [4.69, 9.17) is 4.42 Å². The van der Waals surface area contributed by atoms with Crippen LogP contribution in [0.5, 0.6) is 0 Å². The highest BCUT2D eigenvalue weighted by Crippen LogP contribution is 2.29. The molecule has 6 nitrogen and oxygen atoms in total. The topological polar surface area (TPSA) is 81.2 Å². The Morgan fingerprint density at radius 3 is 2.95 bits per heavy atom. The maximum Gasteiger partial charge on any atom is 0.271 e. The minimum absolute atomic E-state index is 0.0162. The van der Waals surface area contributed by atoms with Crippen LogP contribution in [0.1, 0.15) is 12.3 Å². The Hall–Kier alpha value is -1.73. The van der Waals surface area contributed by atoms with E-state index in [0.717, 1.165) is 19.4 Å². The van der Waals surface area contributed by atoms with Gasteiger partial charge in [0.2, 0.25) is 0 Å². The summed E-state index contributed by atoms with van der Waals surface area (Å²) in [7, 11) is 1.89. The van der Waals surface area contributed by atoms with E-state index in [1.807, 2.05) is 7.05 Å². The van der Waals surface area contributed by atoms with E-state index in [2.05, 4.69) is 26.2 Å². The van der Waals surface area contributed by atoms with E-state index in [1.54, 1.807) is 12.3 Å². The van der Waals surface area contributed by atoms with Gasteiger partial charge in [-0.15, -0.1) is 0 Å². The third-order valence-electron chi connectivity index (χ3n) is 2.75. The summed E-state index contributed by atoms with van der Waals surface area (Å²) in [5.74, 6) is 1.17. The number of non-ortho nitro benzene ring substituents is 1. The van der Waals surface area contributed by atoms with E-state index in [-0.39, 0.29) is 5.69 Å². The molecule has 0 saturated heterocycles. The number of nitrogens with zero attached hydrogens (tertiary/aromatic N) is 2. The number of nitro groups is 1. The summed E-state index contributed by atoms with van der Waals surface area (Å²) >= 11 is 3.26. The largest absolute Gasteiger partial charge is 0.441 e. The lowest BCUT2D eigenvalue weighted by Gasteiger charge is -1.99. The van der Waals surface area contributed by atoms with Crippen LogP contribution in [0.15, 0.2) is 33.3 Å². The molecule has 0 saturated carbocycles. The zero-order valence-electron chi connectivity index (χ0n) is 10.9. The first-order valence-electron chi connectivity index (χ1n) is 6.15. The van der Waals surface area contributed by atoms with Crippen molar-refractivity contribution in [1.82, 2.24) is 10.3 Å². The zero-order valence-corrected chi connectivity index (χ0v) is 12.5. The number of oxazole rings is 1. The molecule has 0 atom stereocenters. The molecule has 106 valence electrons. The van der Waals surface area contributed by atoms with Crippen LogP contribution in [0.3, 0.4) is 0 Å². The van der Waals surface area contributed by atoms with E-state index in [0.29, 0.717) is 21.7 Å². The Bertz CT molecular complexity index is 613. The van der Waals surface area contributed by atoms with E-state index >= 15 is 0 Å². The normalized spacial score (nSPS) is 10.7. The summed E-state index contributed by atoms with van der Waals surface area (Å²) in [6.07, 6.45) is 3.26. The zero-order chi connectivity index (χ0) is 14.5. The molecule has 0 fully saturated rings. The standard InChI is InChI=1S/C13H14BrN3O3/c1-15-4-2-3-13-16-8-12(20-13)9-5-10(14)7-11(6-9)17(18)19/h5-8,15H,2-4H2,1H3. The van der Waals surface area contributed by atoms with Crippen molar-refractivity contribution in [3.8, 4) is 11.3 Å². The molecular formula is C13H14BrN3O3. The fourth-order valence-electron chi connectivity index (χ4n) is 1.80. The molecule has 7 heteroatoms. The van der Waals surface area contributed by atoms with Gasteiger partial charge in [0.15, 0.2) is 11.7 Å². The van der Waals surface area contributed by atoms with E-state index < -0.39 is 4.92 Å². The quantitative estimate of drug-likeness (QED) is 0.496. The molecule has 0 spiro atoms. The van der Waals surface area contributed by atoms with Gasteiger partial charge in [-0.2, -0.15) is 0 Å². The van der Waals surface area contributed by atoms with Gasteiger partial charge in [0, 0.05) is 28.6 Å². The van der Waals surface area contributed by atoms with Crippen molar-refractivity contribution in [2.75, 3.05) is 13.6 Å². The minimum Gasteiger partial charge on any atom is -0.441 e. The third-order valence-corrected chi connectivity index (χ3v) is 3.21. The van der Waals surface area contributed by atoms with E-state index in [1.165, 1.54) is 12.1 Å². The number of aryl methyl sites for hydroxylation is 1. The van der Waals surface area contributed by atoms with Crippen molar-refractivity contribution in [2.45, 2.75) is 12.8 Å². The number of rotatable bonds is 6. The molecule has 1 aromatic carbocycles. The van der Waals surface area contributed by atoms with Crippen LogP contribution in [0.4, 0.5) is 5.69 Å². The first-order valence-corrected chi connectivity index (χ1v) is 6.94. The Morgan fingerprint density at radius 1 is 1.45 bits per heavy atom. The molecule has 0 radical (unpaired) electrons. The molecule has 0 bridgehead atoms. The monoisotopic (exact) mass is 339 g/mol. The van der Waals surface area contributed by atoms with Gasteiger partial charge < -0.3 is 9.73 Å². The molecule has 1 N–H and O–H groups in total. The number of aromatic nitrogens is 1. The van der Waals surface area contributed by atoms with Gasteiger partial charge in [0.25, 0.3) is 5.69 Å². The van der Waals surface area contributed by atoms with Gasteiger partial charge in [0.1, 0.15) is 0 Å². The number of nitrogens with one attached hydrogen (secondary N) is 1. The predicted molar refractivity (Wildman–Crippen MR) is 78.5 cm³/mol. The highest BCUT2D eigenvalue weighted by atomic mass is 79.9. The number of nitro benzene ring substituents is 1. The highest BCUT2D eigenvalue weighted by Gasteiger charge is 2.13. The molecule has 0 aliphatic rings. The van der Waals surface area contributed by atoms with Gasteiger partial charge >= 0.3 is 0 Å². The Labute approximate surface area is 124 Å². The highest BCUT2D eigenvalue weighted by molar-refractivity contribution is 9.10. The van der Waals surface area contributed by atoms with Crippen LogP contribution in [-0.4, -0.2) is 23.5 Å². The molecule has 1 aromatic heterocycles. The fourth-order valence-corrected chi connectivity index (χ4v) is 2.28. The van der Waals surface area contributed by atoms with Gasteiger partial charge in [-0.3, -0.25) is 10.1 Å². The molecule has 2 rings (SSSR count). The van der Waals surface area contributed by atoms with Crippen LogP contribution in [-0.2, 0) is 6.42 Å². The van der Waals surface area contributed by atoms with Crippen LogP contribution in [0.25, 0.3) is 11.3 Å². The van der Waals surface area contributed by atoms with Crippen molar-refractivity contribution in [1.29, 1.82) is 0 Å². The van der Waals surface area contributed by atoms with Crippen molar-refractivity contribution < 1.29 is 9.34 Å². The first kappa shape index (κ1) is 14.7. The lowest BCUT2D eigenvalue weighted by molar-refractivity contribution is -0.384. The summed E-state index contributed by atoms with van der Waals surface area (Å²) in [5, 5.41) is 13.9. The van der Waals surface area contributed by atoms with Crippen molar-refractivity contribution >= 4 is 21.6 Å². The minimum atomic E-state index is -0.432.